The van der Waals surface area contributed by atoms with Crippen molar-refractivity contribution in [3.63, 3.8) is 0 Å². The van der Waals surface area contributed by atoms with Crippen molar-refractivity contribution >= 4 is 0 Å². The topological polar surface area (TPSA) is 60.1 Å². The smallest absolute Gasteiger partial charge is 0.119 e. The number of nitrogens with zero attached hydrogens (tertiary/aromatic N) is 3. The van der Waals surface area contributed by atoms with Crippen LogP contribution in [0, 0.1) is 22.7 Å². The molecule has 104 valence electrons. The minimum absolute atomic E-state index is 0.604. The molecule has 0 atom stereocenters. The fourth-order valence-electron chi connectivity index (χ4n) is 2.19. The molecule has 0 spiro atoms. The Morgan fingerprint density at radius 3 is 2.50 bits per heavy atom. The zero-order valence-corrected chi connectivity index (χ0v) is 11.6. The van der Waals surface area contributed by atoms with Gasteiger partial charge in [0.2, 0.25) is 0 Å². The van der Waals surface area contributed by atoms with E-state index in [0.717, 1.165) is 25.3 Å². The van der Waals surface area contributed by atoms with Crippen LogP contribution >= 0.6 is 0 Å². The van der Waals surface area contributed by atoms with Crippen molar-refractivity contribution in [2.75, 3.05) is 19.7 Å². The van der Waals surface area contributed by atoms with Crippen LogP contribution in [0.4, 0.5) is 0 Å². The molecule has 0 aromatic heterocycles. The summed E-state index contributed by atoms with van der Waals surface area (Å²) in [6.07, 6.45) is 4.10. The molecule has 0 bridgehead atoms. The van der Waals surface area contributed by atoms with Crippen LogP contribution in [0.15, 0.2) is 24.3 Å². The Morgan fingerprint density at radius 2 is 1.90 bits per heavy atom. The second-order valence-corrected chi connectivity index (χ2v) is 5.01. The highest BCUT2D eigenvalue weighted by molar-refractivity contribution is 5.34. The van der Waals surface area contributed by atoms with Gasteiger partial charge < -0.3 is 4.74 Å². The first-order chi connectivity index (χ1) is 9.83. The van der Waals surface area contributed by atoms with Gasteiger partial charge in [0.15, 0.2) is 0 Å². The molecule has 4 heteroatoms. The zero-order valence-electron chi connectivity index (χ0n) is 11.6. The minimum atomic E-state index is 0.604. The van der Waals surface area contributed by atoms with Gasteiger partial charge in [-0.1, -0.05) is 0 Å². The van der Waals surface area contributed by atoms with Gasteiger partial charge in [-0.2, -0.15) is 10.5 Å². The first-order valence-electron chi connectivity index (χ1n) is 7.07. The number of ether oxygens (including phenoxy) is 1. The van der Waals surface area contributed by atoms with Gasteiger partial charge in [0.1, 0.15) is 5.75 Å². The van der Waals surface area contributed by atoms with Gasteiger partial charge in [0.25, 0.3) is 0 Å². The van der Waals surface area contributed by atoms with E-state index in [9.17, 15) is 0 Å². The minimum Gasteiger partial charge on any atom is -0.494 e. The summed E-state index contributed by atoms with van der Waals surface area (Å²) in [4.78, 5) is 2.39. The highest BCUT2D eigenvalue weighted by atomic mass is 16.5. The SMILES string of the molecule is N#CCCN(CCCOc1ccc(C#N)cc1)C1CC1. The second-order valence-electron chi connectivity index (χ2n) is 5.01. The molecule has 4 nitrogen and oxygen atoms in total. The van der Waals surface area contributed by atoms with Crippen LogP contribution < -0.4 is 4.74 Å². The van der Waals surface area contributed by atoms with Crippen LogP contribution in [0.1, 0.15) is 31.2 Å². The van der Waals surface area contributed by atoms with Crippen molar-refractivity contribution in [2.45, 2.75) is 31.7 Å². The Kier molecular flexibility index (Phi) is 5.41. The standard InChI is InChI=1S/C16H19N3O/c17-9-1-10-19(15-5-6-15)11-2-12-20-16-7-3-14(13-18)4-8-16/h3-4,7-8,15H,1-2,5-6,10-12H2. The van der Waals surface area contributed by atoms with Crippen molar-refractivity contribution in [3.8, 4) is 17.9 Å². The lowest BCUT2D eigenvalue weighted by atomic mass is 10.2. The van der Waals surface area contributed by atoms with E-state index in [0.29, 0.717) is 24.6 Å². The molecule has 20 heavy (non-hydrogen) atoms. The molecule has 1 aromatic carbocycles. The number of rotatable bonds is 8. The van der Waals surface area contributed by atoms with Gasteiger partial charge >= 0.3 is 0 Å². The van der Waals surface area contributed by atoms with E-state index >= 15 is 0 Å². The van der Waals surface area contributed by atoms with Gasteiger partial charge in [-0.3, -0.25) is 4.90 Å². The average Bonchev–Trinajstić information content (AvgIpc) is 3.32. The number of hydrogen-bond donors (Lipinski definition) is 0. The molecule has 1 saturated carbocycles. The summed E-state index contributed by atoms with van der Waals surface area (Å²) >= 11 is 0. The Hall–Kier alpha value is -2.04. The molecule has 1 aliphatic rings. The van der Waals surface area contributed by atoms with Crippen molar-refractivity contribution in [2.24, 2.45) is 0 Å². The molecular weight excluding hydrogens is 250 g/mol. The predicted molar refractivity (Wildman–Crippen MR) is 76.1 cm³/mol. The summed E-state index contributed by atoms with van der Waals surface area (Å²) in [5.41, 5.74) is 0.647. The second kappa shape index (κ2) is 7.53. The van der Waals surface area contributed by atoms with E-state index in [2.05, 4.69) is 17.0 Å². The van der Waals surface area contributed by atoms with Crippen LogP contribution in [0.5, 0.6) is 5.75 Å². The fraction of sp³-hybridized carbons (Fsp3) is 0.500. The lowest BCUT2D eigenvalue weighted by molar-refractivity contribution is 0.230. The van der Waals surface area contributed by atoms with Crippen molar-refractivity contribution < 1.29 is 4.74 Å². The van der Waals surface area contributed by atoms with E-state index < -0.39 is 0 Å². The fourth-order valence-corrected chi connectivity index (χ4v) is 2.19. The Morgan fingerprint density at radius 1 is 1.15 bits per heavy atom. The average molecular weight is 269 g/mol. The van der Waals surface area contributed by atoms with E-state index in [1.807, 2.05) is 12.1 Å². The summed E-state index contributed by atoms with van der Waals surface area (Å²) in [6, 6.07) is 12.2. The van der Waals surface area contributed by atoms with Gasteiger partial charge in [-0.05, 0) is 43.5 Å². The highest BCUT2D eigenvalue weighted by Crippen LogP contribution is 2.26. The first-order valence-corrected chi connectivity index (χ1v) is 7.07. The Labute approximate surface area is 120 Å². The Balaban J connectivity index is 1.67. The maximum absolute atomic E-state index is 8.71. The zero-order chi connectivity index (χ0) is 14.2. The van der Waals surface area contributed by atoms with Crippen LogP contribution in [-0.4, -0.2) is 30.6 Å². The van der Waals surface area contributed by atoms with Gasteiger partial charge in [0.05, 0.1) is 24.3 Å². The summed E-state index contributed by atoms with van der Waals surface area (Å²) in [5, 5.41) is 17.4. The third-order valence-corrected chi connectivity index (χ3v) is 3.42. The highest BCUT2D eigenvalue weighted by Gasteiger charge is 2.27. The van der Waals surface area contributed by atoms with E-state index in [4.69, 9.17) is 15.3 Å². The van der Waals surface area contributed by atoms with Crippen LogP contribution in [0.3, 0.4) is 0 Å². The molecule has 0 saturated heterocycles. The number of nitriles is 2. The van der Waals surface area contributed by atoms with Gasteiger partial charge in [-0.25, -0.2) is 0 Å². The largest absolute Gasteiger partial charge is 0.494 e. The van der Waals surface area contributed by atoms with Crippen molar-refractivity contribution in [1.29, 1.82) is 10.5 Å². The number of benzene rings is 1. The molecule has 1 aromatic rings. The third kappa shape index (κ3) is 4.57. The van der Waals surface area contributed by atoms with Crippen LogP contribution in [0.25, 0.3) is 0 Å². The molecule has 0 radical (unpaired) electrons. The Bertz CT molecular complexity index is 494. The molecule has 2 rings (SSSR count). The van der Waals surface area contributed by atoms with Crippen LogP contribution in [-0.2, 0) is 0 Å². The van der Waals surface area contributed by atoms with E-state index in [-0.39, 0.29) is 0 Å². The van der Waals surface area contributed by atoms with Crippen molar-refractivity contribution in [1.82, 2.24) is 4.90 Å². The maximum Gasteiger partial charge on any atom is 0.119 e. The third-order valence-electron chi connectivity index (χ3n) is 3.42. The van der Waals surface area contributed by atoms with Crippen molar-refractivity contribution in [3.05, 3.63) is 29.8 Å². The summed E-state index contributed by atoms with van der Waals surface area (Å²) in [7, 11) is 0. The monoisotopic (exact) mass is 269 g/mol. The van der Waals surface area contributed by atoms with Gasteiger partial charge in [-0.15, -0.1) is 0 Å². The number of hydrogen-bond acceptors (Lipinski definition) is 4. The molecule has 0 N–H and O–H groups in total. The normalized spacial score (nSPS) is 13.8. The lowest BCUT2D eigenvalue weighted by Crippen LogP contribution is -2.29. The van der Waals surface area contributed by atoms with E-state index in [1.54, 1.807) is 12.1 Å². The quantitative estimate of drug-likeness (QED) is 0.681. The molecule has 0 aliphatic heterocycles. The maximum atomic E-state index is 8.71. The summed E-state index contributed by atoms with van der Waals surface area (Å²) in [5.74, 6) is 0.805. The van der Waals surface area contributed by atoms with Crippen LogP contribution in [0.2, 0.25) is 0 Å². The lowest BCUT2D eigenvalue weighted by Gasteiger charge is -2.20. The molecule has 1 aliphatic carbocycles. The predicted octanol–water partition coefficient (Wildman–Crippen LogP) is 2.71. The molecule has 0 heterocycles. The molecule has 1 fully saturated rings. The molecular formula is C16H19N3O. The van der Waals surface area contributed by atoms with Gasteiger partial charge in [0, 0.05) is 25.6 Å². The van der Waals surface area contributed by atoms with E-state index in [1.165, 1.54) is 12.8 Å². The summed E-state index contributed by atoms with van der Waals surface area (Å²) in [6.45, 7) is 2.53. The first kappa shape index (κ1) is 14.4. The molecule has 0 unspecified atom stereocenters. The molecule has 0 amide bonds. The summed E-state index contributed by atoms with van der Waals surface area (Å²) < 4.78 is 5.66.